The van der Waals surface area contributed by atoms with E-state index in [4.69, 9.17) is 9.52 Å². The number of fused-ring (bicyclic) bond motifs is 1. The Balaban J connectivity index is 1.70. The summed E-state index contributed by atoms with van der Waals surface area (Å²) in [6, 6.07) is 9.03. The van der Waals surface area contributed by atoms with E-state index in [-0.39, 0.29) is 24.4 Å². The molecule has 0 bridgehead atoms. The molecule has 2 aromatic rings. The molecule has 3 rings (SSSR count). The Morgan fingerprint density at radius 3 is 2.69 bits per heavy atom. The predicted octanol–water partition coefficient (Wildman–Crippen LogP) is 2.36. The van der Waals surface area contributed by atoms with Crippen molar-refractivity contribution in [3.63, 3.8) is 0 Å². The second kappa shape index (κ2) is 7.59. The summed E-state index contributed by atoms with van der Waals surface area (Å²) in [6.45, 7) is 2.10. The molecule has 0 spiro atoms. The lowest BCUT2D eigenvalue weighted by Gasteiger charge is -2.28. The van der Waals surface area contributed by atoms with Gasteiger partial charge in [-0.25, -0.2) is 0 Å². The van der Waals surface area contributed by atoms with E-state index in [0.717, 1.165) is 5.39 Å². The number of furan rings is 1. The van der Waals surface area contributed by atoms with Gasteiger partial charge >= 0.3 is 5.97 Å². The molecule has 1 atom stereocenters. The van der Waals surface area contributed by atoms with Crippen molar-refractivity contribution in [1.29, 1.82) is 0 Å². The number of hydrogen-bond acceptors (Lipinski definition) is 4. The molecule has 2 amide bonds. The van der Waals surface area contributed by atoms with Gasteiger partial charge in [0.15, 0.2) is 5.76 Å². The standard InChI is InChI=1S/C19H22N2O5/c1-13(22)21(12-18(23)24)15-6-4-9-20(10-8-15)19(25)17-11-14-5-2-3-7-16(14)26-17/h2-3,5,7,11,15H,4,6,8-10,12H2,1H3,(H,23,24)/t15-/m0/s1. The summed E-state index contributed by atoms with van der Waals surface area (Å²) in [5, 5.41) is 9.90. The molecule has 0 unspecified atom stereocenters. The fraction of sp³-hybridized carbons (Fsp3) is 0.421. The number of hydrogen-bond donors (Lipinski definition) is 1. The van der Waals surface area contributed by atoms with Crippen LogP contribution in [-0.4, -0.2) is 58.4 Å². The molecule has 2 heterocycles. The molecule has 26 heavy (non-hydrogen) atoms. The number of carboxylic acid groups (broad SMARTS) is 1. The number of para-hydroxylation sites is 1. The average molecular weight is 358 g/mol. The fourth-order valence-corrected chi connectivity index (χ4v) is 3.48. The van der Waals surface area contributed by atoms with Crippen LogP contribution in [0.2, 0.25) is 0 Å². The minimum absolute atomic E-state index is 0.169. The Morgan fingerprint density at radius 1 is 1.23 bits per heavy atom. The Kier molecular flexibility index (Phi) is 5.25. The van der Waals surface area contributed by atoms with E-state index in [9.17, 15) is 14.4 Å². The summed E-state index contributed by atoms with van der Waals surface area (Å²) >= 11 is 0. The van der Waals surface area contributed by atoms with Gasteiger partial charge in [-0.3, -0.25) is 14.4 Å². The van der Waals surface area contributed by atoms with Crippen molar-refractivity contribution in [2.24, 2.45) is 0 Å². The van der Waals surface area contributed by atoms with Crippen LogP contribution in [0.5, 0.6) is 0 Å². The number of aliphatic carboxylic acids is 1. The molecule has 1 fully saturated rings. The predicted molar refractivity (Wildman–Crippen MR) is 94.8 cm³/mol. The number of amides is 2. The molecule has 1 N–H and O–H groups in total. The van der Waals surface area contributed by atoms with Gasteiger partial charge in [-0.15, -0.1) is 0 Å². The van der Waals surface area contributed by atoms with E-state index in [1.165, 1.54) is 11.8 Å². The van der Waals surface area contributed by atoms with Crippen molar-refractivity contribution in [1.82, 2.24) is 9.80 Å². The van der Waals surface area contributed by atoms with Crippen LogP contribution in [0, 0.1) is 0 Å². The SMILES string of the molecule is CC(=O)N(CC(=O)O)[C@H]1CCCN(C(=O)c2cc3ccccc3o2)CC1. The van der Waals surface area contributed by atoms with Gasteiger partial charge in [0.1, 0.15) is 12.1 Å². The Labute approximate surface area is 151 Å². The number of carbonyl (C=O) groups is 3. The molecule has 1 saturated heterocycles. The molecule has 0 aliphatic carbocycles. The van der Waals surface area contributed by atoms with Crippen molar-refractivity contribution in [3.05, 3.63) is 36.1 Å². The van der Waals surface area contributed by atoms with Gasteiger partial charge in [0, 0.05) is 31.4 Å². The minimum atomic E-state index is -1.03. The van der Waals surface area contributed by atoms with Crippen molar-refractivity contribution in [3.8, 4) is 0 Å². The van der Waals surface area contributed by atoms with Crippen LogP contribution in [0.25, 0.3) is 11.0 Å². The molecule has 1 aliphatic rings. The fourth-order valence-electron chi connectivity index (χ4n) is 3.48. The third-order valence-corrected chi connectivity index (χ3v) is 4.77. The Morgan fingerprint density at radius 2 is 2.00 bits per heavy atom. The molecular formula is C19H22N2O5. The lowest BCUT2D eigenvalue weighted by molar-refractivity contribution is -0.145. The maximum absolute atomic E-state index is 12.8. The first-order chi connectivity index (χ1) is 12.5. The van der Waals surface area contributed by atoms with Gasteiger partial charge in [0.2, 0.25) is 5.91 Å². The number of benzene rings is 1. The van der Waals surface area contributed by atoms with Gasteiger partial charge in [-0.2, -0.15) is 0 Å². The van der Waals surface area contributed by atoms with E-state index < -0.39 is 5.97 Å². The zero-order valence-corrected chi connectivity index (χ0v) is 14.7. The van der Waals surface area contributed by atoms with Crippen molar-refractivity contribution in [2.45, 2.75) is 32.2 Å². The monoisotopic (exact) mass is 358 g/mol. The highest BCUT2D eigenvalue weighted by atomic mass is 16.4. The summed E-state index contributed by atoms with van der Waals surface area (Å²) in [6.07, 6.45) is 1.94. The van der Waals surface area contributed by atoms with Crippen molar-refractivity contribution < 1.29 is 23.9 Å². The second-order valence-corrected chi connectivity index (χ2v) is 6.57. The first kappa shape index (κ1) is 18.0. The minimum Gasteiger partial charge on any atom is -0.480 e. The number of rotatable bonds is 4. The molecular weight excluding hydrogens is 336 g/mol. The molecule has 0 saturated carbocycles. The van der Waals surface area contributed by atoms with E-state index in [2.05, 4.69) is 0 Å². The largest absolute Gasteiger partial charge is 0.480 e. The van der Waals surface area contributed by atoms with Crippen LogP contribution in [-0.2, 0) is 9.59 Å². The van der Waals surface area contributed by atoms with E-state index in [1.807, 2.05) is 24.3 Å². The molecule has 7 nitrogen and oxygen atoms in total. The molecule has 1 aliphatic heterocycles. The number of carboxylic acids is 1. The Hall–Kier alpha value is -2.83. The van der Waals surface area contributed by atoms with E-state index in [0.29, 0.717) is 43.7 Å². The van der Waals surface area contributed by atoms with Crippen LogP contribution < -0.4 is 0 Å². The second-order valence-electron chi connectivity index (χ2n) is 6.57. The average Bonchev–Trinajstić information content (AvgIpc) is 2.89. The summed E-state index contributed by atoms with van der Waals surface area (Å²) in [5.74, 6) is -1.15. The highest BCUT2D eigenvalue weighted by Gasteiger charge is 2.28. The maximum Gasteiger partial charge on any atom is 0.323 e. The van der Waals surface area contributed by atoms with E-state index in [1.54, 1.807) is 11.0 Å². The van der Waals surface area contributed by atoms with Gasteiger partial charge in [-0.05, 0) is 31.4 Å². The third kappa shape index (κ3) is 3.87. The highest BCUT2D eigenvalue weighted by Crippen LogP contribution is 2.23. The van der Waals surface area contributed by atoms with Crippen molar-refractivity contribution >= 4 is 28.8 Å². The lowest BCUT2D eigenvalue weighted by Crippen LogP contribution is -2.43. The molecule has 1 aromatic carbocycles. The van der Waals surface area contributed by atoms with Gasteiger partial charge in [0.05, 0.1) is 0 Å². The molecule has 7 heteroatoms. The van der Waals surface area contributed by atoms with Crippen LogP contribution in [0.4, 0.5) is 0 Å². The van der Waals surface area contributed by atoms with Gasteiger partial charge < -0.3 is 19.3 Å². The topological polar surface area (TPSA) is 91.1 Å². The smallest absolute Gasteiger partial charge is 0.323 e. The quantitative estimate of drug-likeness (QED) is 0.906. The van der Waals surface area contributed by atoms with E-state index >= 15 is 0 Å². The van der Waals surface area contributed by atoms with Crippen LogP contribution in [0.1, 0.15) is 36.7 Å². The highest BCUT2D eigenvalue weighted by molar-refractivity contribution is 5.96. The van der Waals surface area contributed by atoms with Gasteiger partial charge in [-0.1, -0.05) is 18.2 Å². The third-order valence-electron chi connectivity index (χ3n) is 4.77. The van der Waals surface area contributed by atoms with Crippen LogP contribution in [0.3, 0.4) is 0 Å². The Bertz CT molecular complexity index is 795. The first-order valence-corrected chi connectivity index (χ1v) is 8.72. The van der Waals surface area contributed by atoms with Crippen molar-refractivity contribution in [2.75, 3.05) is 19.6 Å². The number of likely N-dealkylation sites (tertiary alicyclic amines) is 1. The summed E-state index contributed by atoms with van der Waals surface area (Å²) in [4.78, 5) is 38.7. The van der Waals surface area contributed by atoms with Gasteiger partial charge in [0.25, 0.3) is 5.91 Å². The zero-order chi connectivity index (χ0) is 18.7. The summed E-state index contributed by atoms with van der Waals surface area (Å²) < 4.78 is 5.66. The molecule has 0 radical (unpaired) electrons. The maximum atomic E-state index is 12.8. The summed E-state index contributed by atoms with van der Waals surface area (Å²) in [5.41, 5.74) is 0.674. The molecule has 138 valence electrons. The lowest BCUT2D eigenvalue weighted by atomic mass is 10.1. The first-order valence-electron chi connectivity index (χ1n) is 8.72. The van der Waals surface area contributed by atoms with Crippen LogP contribution in [0.15, 0.2) is 34.7 Å². The normalized spacial score (nSPS) is 17.7. The van der Waals surface area contributed by atoms with Crippen LogP contribution >= 0.6 is 0 Å². The number of carbonyl (C=O) groups excluding carboxylic acids is 2. The summed E-state index contributed by atoms with van der Waals surface area (Å²) in [7, 11) is 0. The number of nitrogens with zero attached hydrogens (tertiary/aromatic N) is 2. The molecule has 1 aromatic heterocycles. The zero-order valence-electron chi connectivity index (χ0n) is 14.7.